The van der Waals surface area contributed by atoms with Crippen LogP contribution in [0, 0.1) is 0 Å². The van der Waals surface area contributed by atoms with E-state index in [2.05, 4.69) is 0 Å². The zero-order valence-corrected chi connectivity index (χ0v) is 14.3. The quantitative estimate of drug-likeness (QED) is 0.745. The van der Waals surface area contributed by atoms with E-state index in [1.54, 1.807) is 23.2 Å². The van der Waals surface area contributed by atoms with Crippen molar-refractivity contribution in [2.45, 2.75) is 38.0 Å². The van der Waals surface area contributed by atoms with Crippen LogP contribution in [0.4, 0.5) is 0 Å². The summed E-state index contributed by atoms with van der Waals surface area (Å²) in [6, 6.07) is 4.39. The standard InChI is InChI=1S/C16H22N2O5S/c19-15-5-1-2-7-17(15)11-16(20)18(10-14-4-3-8-23-14)13-6-9-24(21,22)12-13/h1-2,5,7,13-14H,3-4,6,8-12H2/t13-,14-/m0/s1. The maximum atomic E-state index is 12.8. The topological polar surface area (TPSA) is 85.7 Å². The smallest absolute Gasteiger partial charge is 0.250 e. The van der Waals surface area contributed by atoms with Gasteiger partial charge in [-0.25, -0.2) is 8.42 Å². The fourth-order valence-electron chi connectivity index (χ4n) is 3.31. The summed E-state index contributed by atoms with van der Waals surface area (Å²) in [5.41, 5.74) is -0.248. The van der Waals surface area contributed by atoms with Gasteiger partial charge in [0, 0.05) is 31.5 Å². The number of nitrogens with zero attached hydrogens (tertiary/aromatic N) is 2. The molecule has 0 aromatic carbocycles. The largest absolute Gasteiger partial charge is 0.376 e. The third-order valence-electron chi connectivity index (χ3n) is 4.60. The van der Waals surface area contributed by atoms with Crippen LogP contribution in [0.25, 0.3) is 0 Å². The van der Waals surface area contributed by atoms with Gasteiger partial charge in [0.2, 0.25) is 5.91 Å². The summed E-state index contributed by atoms with van der Waals surface area (Å²) in [5.74, 6) is -0.131. The molecule has 3 heterocycles. The number of hydrogen-bond acceptors (Lipinski definition) is 5. The SMILES string of the molecule is O=C(Cn1ccccc1=O)N(C[C@@H]1CCCO1)[C@H]1CCS(=O)(=O)C1. The van der Waals surface area contributed by atoms with E-state index in [4.69, 9.17) is 4.74 Å². The first-order chi connectivity index (χ1) is 11.4. The third-order valence-corrected chi connectivity index (χ3v) is 6.35. The number of carbonyl (C=O) groups excluding carboxylic acids is 1. The number of ether oxygens (including phenoxy) is 1. The van der Waals surface area contributed by atoms with E-state index in [-0.39, 0.29) is 41.7 Å². The Morgan fingerprint density at radius 1 is 1.33 bits per heavy atom. The summed E-state index contributed by atoms with van der Waals surface area (Å²) < 4.78 is 30.5. The highest BCUT2D eigenvalue weighted by atomic mass is 32.2. The number of carbonyl (C=O) groups is 1. The Hall–Kier alpha value is -1.67. The number of amides is 1. The number of aromatic nitrogens is 1. The second kappa shape index (κ2) is 7.06. The van der Waals surface area contributed by atoms with E-state index in [0.29, 0.717) is 19.6 Å². The number of sulfone groups is 1. The van der Waals surface area contributed by atoms with Crippen molar-refractivity contribution in [2.75, 3.05) is 24.7 Å². The van der Waals surface area contributed by atoms with E-state index in [1.807, 2.05) is 0 Å². The summed E-state index contributed by atoms with van der Waals surface area (Å²) in [6.07, 6.45) is 3.78. The first kappa shape index (κ1) is 17.2. The normalized spacial score (nSPS) is 25.7. The minimum absolute atomic E-state index is 0.00481. The average Bonchev–Trinajstić information content (AvgIpc) is 3.16. The van der Waals surface area contributed by atoms with Crippen LogP contribution in [0.2, 0.25) is 0 Å². The second-order valence-corrected chi connectivity index (χ2v) is 8.63. The Labute approximate surface area is 141 Å². The minimum Gasteiger partial charge on any atom is -0.376 e. The number of rotatable bonds is 5. The van der Waals surface area contributed by atoms with Gasteiger partial charge in [0.25, 0.3) is 5.56 Å². The highest BCUT2D eigenvalue weighted by Gasteiger charge is 2.36. The molecular weight excluding hydrogens is 332 g/mol. The molecule has 0 spiro atoms. The monoisotopic (exact) mass is 354 g/mol. The van der Waals surface area contributed by atoms with Gasteiger partial charge in [-0.1, -0.05) is 6.07 Å². The van der Waals surface area contributed by atoms with Crippen LogP contribution < -0.4 is 5.56 Å². The zero-order chi connectivity index (χ0) is 17.2. The lowest BCUT2D eigenvalue weighted by atomic mass is 10.1. The molecule has 0 bridgehead atoms. The molecule has 1 aromatic heterocycles. The fourth-order valence-corrected chi connectivity index (χ4v) is 5.04. The van der Waals surface area contributed by atoms with Crippen LogP contribution in [-0.2, 0) is 25.9 Å². The van der Waals surface area contributed by atoms with Crippen molar-refractivity contribution >= 4 is 15.7 Å². The van der Waals surface area contributed by atoms with Crippen LogP contribution in [0.1, 0.15) is 19.3 Å². The van der Waals surface area contributed by atoms with Crippen molar-refractivity contribution in [3.63, 3.8) is 0 Å². The summed E-state index contributed by atoms with van der Waals surface area (Å²) in [7, 11) is -3.09. The van der Waals surface area contributed by atoms with Crippen molar-refractivity contribution in [1.29, 1.82) is 0 Å². The van der Waals surface area contributed by atoms with E-state index in [1.165, 1.54) is 10.6 Å². The fraction of sp³-hybridized carbons (Fsp3) is 0.625. The Balaban J connectivity index is 1.76. The molecule has 132 valence electrons. The van der Waals surface area contributed by atoms with Crippen molar-refractivity contribution in [3.05, 3.63) is 34.7 Å². The molecule has 0 aliphatic carbocycles. The predicted octanol–water partition coefficient (Wildman–Crippen LogP) is 0.0430. The highest BCUT2D eigenvalue weighted by molar-refractivity contribution is 7.91. The van der Waals surface area contributed by atoms with Crippen LogP contribution >= 0.6 is 0 Å². The molecule has 0 unspecified atom stereocenters. The molecule has 2 aliphatic heterocycles. The van der Waals surface area contributed by atoms with Gasteiger partial charge in [0.1, 0.15) is 6.54 Å². The maximum absolute atomic E-state index is 12.8. The summed E-state index contributed by atoms with van der Waals surface area (Å²) >= 11 is 0. The van der Waals surface area contributed by atoms with Crippen molar-refractivity contribution < 1.29 is 17.9 Å². The molecule has 8 heteroatoms. The van der Waals surface area contributed by atoms with E-state index < -0.39 is 9.84 Å². The van der Waals surface area contributed by atoms with Gasteiger partial charge in [-0.15, -0.1) is 0 Å². The lowest BCUT2D eigenvalue weighted by Crippen LogP contribution is -2.47. The van der Waals surface area contributed by atoms with E-state index in [0.717, 1.165) is 12.8 Å². The Bertz CT molecular complexity index is 752. The number of pyridine rings is 1. The zero-order valence-electron chi connectivity index (χ0n) is 13.5. The van der Waals surface area contributed by atoms with Crippen molar-refractivity contribution in [3.8, 4) is 0 Å². The molecule has 0 saturated carbocycles. The summed E-state index contributed by atoms with van der Waals surface area (Å²) in [6.45, 7) is 0.983. The summed E-state index contributed by atoms with van der Waals surface area (Å²) in [5, 5.41) is 0. The molecule has 0 radical (unpaired) electrons. The summed E-state index contributed by atoms with van der Waals surface area (Å²) in [4.78, 5) is 26.2. The highest BCUT2D eigenvalue weighted by Crippen LogP contribution is 2.21. The van der Waals surface area contributed by atoms with E-state index in [9.17, 15) is 18.0 Å². The Morgan fingerprint density at radius 2 is 2.17 bits per heavy atom. The minimum atomic E-state index is -3.09. The van der Waals surface area contributed by atoms with Gasteiger partial charge in [0.05, 0.1) is 17.6 Å². The lowest BCUT2D eigenvalue weighted by Gasteiger charge is -2.30. The molecule has 7 nitrogen and oxygen atoms in total. The van der Waals surface area contributed by atoms with Crippen LogP contribution in [0.3, 0.4) is 0 Å². The molecular formula is C16H22N2O5S. The van der Waals surface area contributed by atoms with Gasteiger partial charge >= 0.3 is 0 Å². The van der Waals surface area contributed by atoms with Gasteiger partial charge in [-0.3, -0.25) is 9.59 Å². The lowest BCUT2D eigenvalue weighted by molar-refractivity contribution is -0.135. The van der Waals surface area contributed by atoms with Gasteiger partial charge in [-0.05, 0) is 25.3 Å². The van der Waals surface area contributed by atoms with Crippen LogP contribution in [0.15, 0.2) is 29.2 Å². The van der Waals surface area contributed by atoms with Crippen molar-refractivity contribution in [2.24, 2.45) is 0 Å². The first-order valence-corrected chi connectivity index (χ1v) is 10.0. The molecule has 0 N–H and O–H groups in total. The van der Waals surface area contributed by atoms with Gasteiger partial charge in [0.15, 0.2) is 9.84 Å². The van der Waals surface area contributed by atoms with E-state index >= 15 is 0 Å². The van der Waals surface area contributed by atoms with Crippen LogP contribution in [0.5, 0.6) is 0 Å². The molecule has 24 heavy (non-hydrogen) atoms. The maximum Gasteiger partial charge on any atom is 0.250 e. The van der Waals surface area contributed by atoms with Crippen LogP contribution in [-0.4, -0.2) is 60.6 Å². The molecule has 2 saturated heterocycles. The third kappa shape index (κ3) is 4.05. The average molecular weight is 354 g/mol. The predicted molar refractivity (Wildman–Crippen MR) is 88.4 cm³/mol. The Morgan fingerprint density at radius 3 is 2.79 bits per heavy atom. The molecule has 1 amide bonds. The second-order valence-electron chi connectivity index (χ2n) is 6.40. The Kier molecular flexibility index (Phi) is 5.05. The molecule has 2 aliphatic rings. The number of hydrogen-bond donors (Lipinski definition) is 0. The molecule has 2 fully saturated rings. The van der Waals surface area contributed by atoms with Gasteiger partial charge < -0.3 is 14.2 Å². The van der Waals surface area contributed by atoms with Gasteiger partial charge in [-0.2, -0.15) is 0 Å². The molecule has 3 rings (SSSR count). The van der Waals surface area contributed by atoms with Crippen molar-refractivity contribution in [1.82, 2.24) is 9.47 Å². The molecule has 2 atom stereocenters. The molecule has 1 aromatic rings. The first-order valence-electron chi connectivity index (χ1n) is 8.21.